The number of carbonyl (C=O) groups excluding carboxylic acids is 1. The van der Waals surface area contributed by atoms with E-state index < -0.39 is 9.84 Å². The number of fused-ring (bicyclic) bond motifs is 1. The summed E-state index contributed by atoms with van der Waals surface area (Å²) in [6.07, 6.45) is 0.845. The maximum atomic E-state index is 13.5. The molecule has 0 radical (unpaired) electrons. The quantitative estimate of drug-likeness (QED) is 0.660. The highest BCUT2D eigenvalue weighted by atomic mass is 32.2. The van der Waals surface area contributed by atoms with Crippen molar-refractivity contribution >= 4 is 32.7 Å². The third-order valence-corrected chi connectivity index (χ3v) is 8.47. The fourth-order valence-electron chi connectivity index (χ4n) is 4.88. The van der Waals surface area contributed by atoms with Gasteiger partial charge >= 0.3 is 0 Å². The van der Waals surface area contributed by atoms with Gasteiger partial charge in [0.2, 0.25) is 11.9 Å². The van der Waals surface area contributed by atoms with Gasteiger partial charge in [0.25, 0.3) is 0 Å². The van der Waals surface area contributed by atoms with E-state index in [4.69, 9.17) is 4.98 Å². The SMILES string of the molecule is Cc1cccc2[nH]c(N3CCN(C(=O)C4CCS(=O)(=O)CC4)C(c4ccccc4)C3)nc12. The molecular weight excluding hydrogens is 424 g/mol. The van der Waals surface area contributed by atoms with Gasteiger partial charge in [0, 0.05) is 25.6 Å². The van der Waals surface area contributed by atoms with E-state index in [9.17, 15) is 13.2 Å². The lowest BCUT2D eigenvalue weighted by Gasteiger charge is -2.43. The van der Waals surface area contributed by atoms with E-state index in [1.807, 2.05) is 35.2 Å². The van der Waals surface area contributed by atoms with Gasteiger partial charge in [-0.3, -0.25) is 4.79 Å². The van der Waals surface area contributed by atoms with Crippen LogP contribution in [0.3, 0.4) is 0 Å². The molecule has 1 amide bonds. The molecule has 8 heteroatoms. The van der Waals surface area contributed by atoms with Crippen LogP contribution in [0.15, 0.2) is 48.5 Å². The Kier molecular flexibility index (Phi) is 5.41. The number of amides is 1. The van der Waals surface area contributed by atoms with E-state index in [2.05, 4.69) is 35.0 Å². The normalized spacial score (nSPS) is 21.7. The highest BCUT2D eigenvalue weighted by molar-refractivity contribution is 7.91. The molecule has 0 saturated carbocycles. The van der Waals surface area contributed by atoms with Crippen molar-refractivity contribution in [3.63, 3.8) is 0 Å². The number of aromatic nitrogens is 2. The molecule has 7 nitrogen and oxygen atoms in total. The highest BCUT2D eigenvalue weighted by Crippen LogP contribution is 2.32. The number of nitrogens with one attached hydrogen (secondary N) is 1. The Morgan fingerprint density at radius 3 is 2.50 bits per heavy atom. The van der Waals surface area contributed by atoms with Crippen LogP contribution in [0.5, 0.6) is 0 Å². The number of aryl methyl sites for hydroxylation is 1. The van der Waals surface area contributed by atoms with Crippen LogP contribution in [-0.4, -0.2) is 60.3 Å². The molecular formula is C24H28N4O3S. The summed E-state index contributed by atoms with van der Waals surface area (Å²) in [7, 11) is -3.00. The van der Waals surface area contributed by atoms with E-state index in [1.54, 1.807) is 0 Å². The smallest absolute Gasteiger partial charge is 0.226 e. The number of hydrogen-bond acceptors (Lipinski definition) is 5. The van der Waals surface area contributed by atoms with Gasteiger partial charge in [-0.05, 0) is 37.0 Å². The van der Waals surface area contributed by atoms with Crippen molar-refractivity contribution in [1.82, 2.24) is 14.9 Å². The van der Waals surface area contributed by atoms with Gasteiger partial charge in [0.1, 0.15) is 9.84 Å². The van der Waals surface area contributed by atoms with Crippen molar-refractivity contribution in [1.29, 1.82) is 0 Å². The molecule has 3 heterocycles. The van der Waals surface area contributed by atoms with Crippen molar-refractivity contribution in [2.24, 2.45) is 5.92 Å². The molecule has 168 valence electrons. The average Bonchev–Trinajstić information content (AvgIpc) is 3.25. The number of anilines is 1. The third kappa shape index (κ3) is 3.99. The van der Waals surface area contributed by atoms with Crippen LogP contribution in [0, 0.1) is 12.8 Å². The second kappa shape index (κ2) is 8.24. The number of rotatable bonds is 3. The van der Waals surface area contributed by atoms with Crippen LogP contribution in [0.4, 0.5) is 5.95 Å². The Hall–Kier alpha value is -2.87. The zero-order valence-electron chi connectivity index (χ0n) is 18.2. The summed E-state index contributed by atoms with van der Waals surface area (Å²) in [5.41, 5.74) is 4.20. The summed E-state index contributed by atoms with van der Waals surface area (Å²) in [6, 6.07) is 16.1. The number of para-hydroxylation sites is 1. The topological polar surface area (TPSA) is 86.4 Å². The van der Waals surface area contributed by atoms with Crippen LogP contribution in [0.25, 0.3) is 11.0 Å². The number of piperazine rings is 1. The van der Waals surface area contributed by atoms with E-state index in [0.717, 1.165) is 28.1 Å². The van der Waals surface area contributed by atoms with Crippen molar-refractivity contribution in [2.45, 2.75) is 25.8 Å². The summed E-state index contributed by atoms with van der Waals surface area (Å²) >= 11 is 0. The molecule has 0 spiro atoms. The minimum Gasteiger partial charge on any atom is -0.338 e. The molecule has 1 atom stereocenters. The average molecular weight is 453 g/mol. The largest absolute Gasteiger partial charge is 0.338 e. The number of benzene rings is 2. The van der Waals surface area contributed by atoms with Gasteiger partial charge in [0.05, 0.1) is 28.6 Å². The molecule has 1 unspecified atom stereocenters. The maximum Gasteiger partial charge on any atom is 0.226 e. The number of carbonyl (C=O) groups is 1. The van der Waals surface area contributed by atoms with Crippen LogP contribution < -0.4 is 4.90 Å². The standard InChI is InChI=1S/C24H28N4O3S/c1-17-6-5-9-20-22(17)26-24(25-20)27-12-13-28(21(16-27)18-7-3-2-4-8-18)23(29)19-10-14-32(30,31)15-11-19/h2-9,19,21H,10-16H2,1H3,(H,25,26). The van der Waals surface area contributed by atoms with Gasteiger partial charge in [-0.2, -0.15) is 0 Å². The van der Waals surface area contributed by atoms with E-state index in [1.165, 1.54) is 0 Å². The van der Waals surface area contributed by atoms with Crippen LogP contribution in [0.1, 0.15) is 30.0 Å². The molecule has 2 aromatic carbocycles. The predicted molar refractivity (Wildman–Crippen MR) is 125 cm³/mol. The van der Waals surface area contributed by atoms with Crippen LogP contribution in [0.2, 0.25) is 0 Å². The zero-order chi connectivity index (χ0) is 22.3. The molecule has 0 aliphatic carbocycles. The first-order valence-electron chi connectivity index (χ1n) is 11.2. The number of nitrogens with zero attached hydrogens (tertiary/aromatic N) is 3. The zero-order valence-corrected chi connectivity index (χ0v) is 19.0. The van der Waals surface area contributed by atoms with Gasteiger partial charge in [-0.25, -0.2) is 13.4 Å². The third-order valence-electron chi connectivity index (χ3n) is 6.75. The Bertz CT molecular complexity index is 1220. The summed E-state index contributed by atoms with van der Waals surface area (Å²) in [5, 5.41) is 0. The lowest BCUT2D eigenvalue weighted by Crippen LogP contribution is -2.53. The lowest BCUT2D eigenvalue weighted by atomic mass is 9.96. The van der Waals surface area contributed by atoms with E-state index >= 15 is 0 Å². The summed E-state index contributed by atoms with van der Waals surface area (Å²) in [5.74, 6) is 0.903. The van der Waals surface area contributed by atoms with E-state index in [-0.39, 0.29) is 29.4 Å². The second-order valence-electron chi connectivity index (χ2n) is 8.86. The first-order valence-corrected chi connectivity index (χ1v) is 13.0. The minimum absolute atomic E-state index is 0.0776. The van der Waals surface area contributed by atoms with Gasteiger partial charge in [-0.1, -0.05) is 42.5 Å². The van der Waals surface area contributed by atoms with Crippen molar-refractivity contribution < 1.29 is 13.2 Å². The molecule has 1 N–H and O–H groups in total. The van der Waals surface area contributed by atoms with Crippen LogP contribution in [-0.2, 0) is 14.6 Å². The number of sulfone groups is 1. The second-order valence-corrected chi connectivity index (χ2v) is 11.2. The Morgan fingerprint density at radius 2 is 1.78 bits per heavy atom. The Balaban J connectivity index is 1.42. The van der Waals surface area contributed by atoms with Gasteiger partial charge in [0.15, 0.2) is 0 Å². The molecule has 2 saturated heterocycles. The Morgan fingerprint density at radius 1 is 1.03 bits per heavy atom. The molecule has 2 aliphatic rings. The number of imidazole rings is 1. The summed E-state index contributed by atoms with van der Waals surface area (Å²) in [6.45, 7) is 3.96. The highest BCUT2D eigenvalue weighted by Gasteiger charge is 2.37. The molecule has 3 aromatic rings. The monoisotopic (exact) mass is 452 g/mol. The Labute approximate surface area is 188 Å². The molecule has 0 bridgehead atoms. The fourth-order valence-corrected chi connectivity index (χ4v) is 6.37. The number of H-pyrrole nitrogens is 1. The van der Waals surface area contributed by atoms with Crippen molar-refractivity contribution in [2.75, 3.05) is 36.0 Å². The summed E-state index contributed by atoms with van der Waals surface area (Å²) in [4.78, 5) is 25.9. The molecule has 2 fully saturated rings. The number of aromatic amines is 1. The predicted octanol–water partition coefficient (Wildman–Crippen LogP) is 3.09. The number of hydrogen-bond donors (Lipinski definition) is 1. The molecule has 5 rings (SSSR count). The fraction of sp³-hybridized carbons (Fsp3) is 0.417. The van der Waals surface area contributed by atoms with Crippen molar-refractivity contribution in [3.05, 3.63) is 59.7 Å². The van der Waals surface area contributed by atoms with Gasteiger partial charge in [-0.15, -0.1) is 0 Å². The maximum absolute atomic E-state index is 13.5. The summed E-state index contributed by atoms with van der Waals surface area (Å²) < 4.78 is 23.7. The first-order chi connectivity index (χ1) is 15.4. The lowest BCUT2D eigenvalue weighted by molar-refractivity contribution is -0.138. The van der Waals surface area contributed by atoms with Crippen LogP contribution >= 0.6 is 0 Å². The van der Waals surface area contributed by atoms with E-state index in [0.29, 0.717) is 32.5 Å². The molecule has 32 heavy (non-hydrogen) atoms. The molecule has 2 aliphatic heterocycles. The van der Waals surface area contributed by atoms with Crippen molar-refractivity contribution in [3.8, 4) is 0 Å². The first kappa shape index (κ1) is 21.0. The molecule has 1 aromatic heterocycles. The van der Waals surface area contributed by atoms with Gasteiger partial charge < -0.3 is 14.8 Å². The minimum atomic E-state index is -3.00.